The molecule has 17 heavy (non-hydrogen) atoms. The van der Waals surface area contributed by atoms with Gasteiger partial charge in [-0.15, -0.1) is 0 Å². The summed E-state index contributed by atoms with van der Waals surface area (Å²) in [5.41, 5.74) is -0.0724. The van der Waals surface area contributed by atoms with Gasteiger partial charge in [0.05, 0.1) is 17.8 Å². The summed E-state index contributed by atoms with van der Waals surface area (Å²) in [7, 11) is 0. The van der Waals surface area contributed by atoms with Crippen LogP contribution in [-0.4, -0.2) is 17.3 Å². The molecule has 4 heteroatoms. The SMILES string of the molecule is CCC(CC)(CO)Nc1cccc(F)c1C#N. The summed E-state index contributed by atoms with van der Waals surface area (Å²) in [6.07, 6.45) is 1.39. The van der Waals surface area contributed by atoms with E-state index in [2.05, 4.69) is 5.32 Å². The van der Waals surface area contributed by atoms with E-state index in [-0.39, 0.29) is 12.2 Å². The first-order chi connectivity index (χ1) is 8.12. The van der Waals surface area contributed by atoms with E-state index in [0.29, 0.717) is 18.5 Å². The highest BCUT2D eigenvalue weighted by molar-refractivity contribution is 5.59. The Balaban J connectivity index is 3.10. The molecule has 1 aromatic rings. The molecular weight excluding hydrogens is 219 g/mol. The molecule has 0 aliphatic heterocycles. The quantitative estimate of drug-likeness (QED) is 0.826. The molecule has 1 rings (SSSR count). The van der Waals surface area contributed by atoms with Crippen LogP contribution in [0.25, 0.3) is 0 Å². The molecule has 0 saturated carbocycles. The second-order valence-corrected chi connectivity index (χ2v) is 4.04. The molecule has 0 spiro atoms. The van der Waals surface area contributed by atoms with Crippen molar-refractivity contribution in [2.45, 2.75) is 32.2 Å². The molecule has 0 heterocycles. The number of anilines is 1. The van der Waals surface area contributed by atoms with Crippen molar-refractivity contribution < 1.29 is 9.50 Å². The van der Waals surface area contributed by atoms with Crippen LogP contribution in [0, 0.1) is 17.1 Å². The first kappa shape index (κ1) is 13.5. The van der Waals surface area contributed by atoms with Gasteiger partial charge in [-0.25, -0.2) is 4.39 Å². The third-order valence-corrected chi connectivity index (χ3v) is 3.18. The lowest BCUT2D eigenvalue weighted by Crippen LogP contribution is -2.41. The molecule has 0 fully saturated rings. The monoisotopic (exact) mass is 236 g/mol. The Labute approximate surface area is 101 Å². The third-order valence-electron chi connectivity index (χ3n) is 3.18. The Hall–Kier alpha value is -1.60. The Bertz CT molecular complexity index is 414. The minimum atomic E-state index is -0.545. The zero-order valence-electron chi connectivity index (χ0n) is 10.1. The minimum absolute atomic E-state index is 0.00720. The van der Waals surface area contributed by atoms with Crippen molar-refractivity contribution in [3.63, 3.8) is 0 Å². The molecule has 1 aromatic carbocycles. The summed E-state index contributed by atoms with van der Waals surface area (Å²) >= 11 is 0. The van der Waals surface area contributed by atoms with Gasteiger partial charge in [-0.05, 0) is 25.0 Å². The number of nitriles is 1. The maximum atomic E-state index is 13.4. The highest BCUT2D eigenvalue weighted by Crippen LogP contribution is 2.25. The summed E-state index contributed by atoms with van der Waals surface area (Å²) in [5, 5.41) is 21.4. The van der Waals surface area contributed by atoms with Crippen molar-refractivity contribution in [3.8, 4) is 6.07 Å². The van der Waals surface area contributed by atoms with Crippen molar-refractivity contribution in [2.75, 3.05) is 11.9 Å². The fraction of sp³-hybridized carbons (Fsp3) is 0.462. The second-order valence-electron chi connectivity index (χ2n) is 4.04. The summed E-state index contributed by atoms with van der Waals surface area (Å²) in [4.78, 5) is 0. The lowest BCUT2D eigenvalue weighted by atomic mass is 9.93. The predicted octanol–water partition coefficient (Wildman–Crippen LogP) is 2.66. The van der Waals surface area contributed by atoms with E-state index in [1.165, 1.54) is 6.07 Å². The van der Waals surface area contributed by atoms with Crippen molar-refractivity contribution in [1.82, 2.24) is 0 Å². The van der Waals surface area contributed by atoms with E-state index in [0.717, 1.165) is 0 Å². The van der Waals surface area contributed by atoms with Gasteiger partial charge in [0.25, 0.3) is 0 Å². The van der Waals surface area contributed by atoms with E-state index in [1.807, 2.05) is 19.9 Å². The third kappa shape index (κ3) is 2.75. The lowest BCUT2D eigenvalue weighted by Gasteiger charge is -2.32. The van der Waals surface area contributed by atoms with Gasteiger partial charge in [0.1, 0.15) is 17.4 Å². The van der Waals surface area contributed by atoms with Crippen molar-refractivity contribution in [1.29, 1.82) is 5.26 Å². The Morgan fingerprint density at radius 2 is 2.06 bits per heavy atom. The van der Waals surface area contributed by atoms with Gasteiger partial charge in [0.15, 0.2) is 0 Å². The number of hydrogen-bond donors (Lipinski definition) is 2. The number of aliphatic hydroxyl groups is 1. The molecule has 0 saturated heterocycles. The number of nitrogens with one attached hydrogen (secondary N) is 1. The average Bonchev–Trinajstić information content (AvgIpc) is 2.36. The van der Waals surface area contributed by atoms with Crippen LogP contribution < -0.4 is 5.32 Å². The smallest absolute Gasteiger partial charge is 0.143 e. The highest BCUT2D eigenvalue weighted by Gasteiger charge is 2.26. The standard InChI is InChI=1S/C13H17FN2O/c1-3-13(4-2,9-17)16-12-7-5-6-11(14)10(12)8-15/h5-7,16-17H,3-4,9H2,1-2H3. The van der Waals surface area contributed by atoms with Crippen LogP contribution in [0.15, 0.2) is 18.2 Å². The number of halogens is 1. The van der Waals surface area contributed by atoms with Crippen molar-refractivity contribution in [3.05, 3.63) is 29.6 Å². The largest absolute Gasteiger partial charge is 0.394 e. The average molecular weight is 236 g/mol. The predicted molar refractivity (Wildman–Crippen MR) is 65.1 cm³/mol. The van der Waals surface area contributed by atoms with E-state index in [1.54, 1.807) is 12.1 Å². The Kier molecular flexibility index (Phi) is 4.47. The highest BCUT2D eigenvalue weighted by atomic mass is 19.1. The molecule has 0 aliphatic rings. The molecule has 0 radical (unpaired) electrons. The summed E-state index contributed by atoms with van der Waals surface area (Å²) < 4.78 is 13.4. The van der Waals surface area contributed by atoms with E-state index in [9.17, 15) is 9.50 Å². The number of aliphatic hydroxyl groups excluding tert-OH is 1. The number of nitrogens with zero attached hydrogens (tertiary/aromatic N) is 1. The molecule has 0 amide bonds. The number of benzene rings is 1. The van der Waals surface area contributed by atoms with Crippen LogP contribution >= 0.6 is 0 Å². The fourth-order valence-electron chi connectivity index (χ4n) is 1.72. The van der Waals surface area contributed by atoms with Gasteiger partial charge >= 0.3 is 0 Å². The summed E-state index contributed by atoms with van der Waals surface area (Å²) in [6, 6.07) is 6.29. The molecule has 0 aromatic heterocycles. The number of hydrogen-bond acceptors (Lipinski definition) is 3. The molecule has 0 unspecified atom stereocenters. The summed E-state index contributed by atoms with van der Waals surface area (Å²) in [5.74, 6) is -0.545. The first-order valence-corrected chi connectivity index (χ1v) is 5.70. The lowest BCUT2D eigenvalue weighted by molar-refractivity contribution is 0.202. The van der Waals surface area contributed by atoms with Gasteiger partial charge in [0, 0.05) is 0 Å². The molecule has 3 nitrogen and oxygen atoms in total. The number of rotatable bonds is 5. The van der Waals surface area contributed by atoms with Gasteiger partial charge in [-0.2, -0.15) is 5.26 Å². The molecule has 0 aliphatic carbocycles. The summed E-state index contributed by atoms with van der Waals surface area (Å²) in [6.45, 7) is 3.83. The minimum Gasteiger partial charge on any atom is -0.394 e. The molecular formula is C13H17FN2O. The topological polar surface area (TPSA) is 56.0 Å². The van der Waals surface area contributed by atoms with Crippen LogP contribution in [0.2, 0.25) is 0 Å². The first-order valence-electron chi connectivity index (χ1n) is 5.70. The van der Waals surface area contributed by atoms with Gasteiger partial charge < -0.3 is 10.4 Å². The van der Waals surface area contributed by atoms with Crippen molar-refractivity contribution >= 4 is 5.69 Å². The maximum absolute atomic E-state index is 13.4. The van der Waals surface area contributed by atoms with Crippen LogP contribution in [0.3, 0.4) is 0 Å². The molecule has 92 valence electrons. The van der Waals surface area contributed by atoms with Gasteiger partial charge in [0.2, 0.25) is 0 Å². The fourth-order valence-corrected chi connectivity index (χ4v) is 1.72. The van der Waals surface area contributed by atoms with Crippen LogP contribution in [-0.2, 0) is 0 Å². The second kappa shape index (κ2) is 5.65. The van der Waals surface area contributed by atoms with E-state index >= 15 is 0 Å². The molecule has 0 atom stereocenters. The van der Waals surface area contributed by atoms with Crippen LogP contribution in [0.1, 0.15) is 32.3 Å². The van der Waals surface area contributed by atoms with Crippen LogP contribution in [0.5, 0.6) is 0 Å². The zero-order chi connectivity index (χ0) is 12.9. The molecule has 0 bridgehead atoms. The van der Waals surface area contributed by atoms with E-state index < -0.39 is 11.4 Å². The van der Waals surface area contributed by atoms with Gasteiger partial charge in [-0.1, -0.05) is 19.9 Å². The molecule has 2 N–H and O–H groups in total. The van der Waals surface area contributed by atoms with Gasteiger partial charge in [-0.3, -0.25) is 0 Å². The van der Waals surface area contributed by atoms with Crippen molar-refractivity contribution in [2.24, 2.45) is 0 Å². The maximum Gasteiger partial charge on any atom is 0.143 e. The Morgan fingerprint density at radius 1 is 1.41 bits per heavy atom. The van der Waals surface area contributed by atoms with E-state index in [4.69, 9.17) is 5.26 Å². The zero-order valence-corrected chi connectivity index (χ0v) is 10.1. The Morgan fingerprint density at radius 3 is 2.53 bits per heavy atom. The normalized spacial score (nSPS) is 11.0. The van der Waals surface area contributed by atoms with Crippen LogP contribution in [0.4, 0.5) is 10.1 Å².